The maximum absolute atomic E-state index is 10.3. The minimum absolute atomic E-state index is 0.0323. The fraction of sp³-hybridized carbons (Fsp3) is 0.917. The van der Waals surface area contributed by atoms with Crippen molar-refractivity contribution in [3.05, 3.63) is 0 Å². The fourth-order valence-electron chi connectivity index (χ4n) is 1.56. The SMILES string of the molecule is CCCCCCCCCC[C@H](S)C=O. The van der Waals surface area contributed by atoms with E-state index in [2.05, 4.69) is 19.6 Å². The molecule has 0 fully saturated rings. The van der Waals surface area contributed by atoms with Crippen molar-refractivity contribution < 1.29 is 4.79 Å². The summed E-state index contributed by atoms with van der Waals surface area (Å²) in [6, 6.07) is 0. The largest absolute Gasteiger partial charge is 0.302 e. The Morgan fingerprint density at radius 2 is 1.50 bits per heavy atom. The number of hydrogen-bond donors (Lipinski definition) is 1. The highest BCUT2D eigenvalue weighted by atomic mass is 32.1. The quantitative estimate of drug-likeness (QED) is 0.332. The molecule has 1 atom stereocenters. The summed E-state index contributed by atoms with van der Waals surface area (Å²) in [5.74, 6) is 0. The molecule has 0 saturated carbocycles. The van der Waals surface area contributed by atoms with Gasteiger partial charge in [0.1, 0.15) is 6.29 Å². The standard InChI is InChI=1S/C12H24OS/c1-2-3-4-5-6-7-8-9-10-12(14)11-13/h11-12,14H,2-10H2,1H3/t12-/m0/s1. The Kier molecular flexibility index (Phi) is 11.1. The Morgan fingerprint density at radius 3 is 2.00 bits per heavy atom. The highest BCUT2D eigenvalue weighted by molar-refractivity contribution is 7.81. The number of rotatable bonds is 10. The molecular formula is C12H24OS. The maximum Gasteiger partial charge on any atom is 0.132 e. The van der Waals surface area contributed by atoms with Crippen LogP contribution in [0, 0.1) is 0 Å². The average molecular weight is 216 g/mol. The van der Waals surface area contributed by atoms with Crippen LogP contribution >= 0.6 is 12.6 Å². The van der Waals surface area contributed by atoms with Crippen molar-refractivity contribution in [1.82, 2.24) is 0 Å². The highest BCUT2D eigenvalue weighted by Gasteiger charge is 1.99. The van der Waals surface area contributed by atoms with Crippen LogP contribution in [0.1, 0.15) is 64.7 Å². The third kappa shape index (κ3) is 10.1. The lowest BCUT2D eigenvalue weighted by Crippen LogP contribution is -1.98. The van der Waals surface area contributed by atoms with Gasteiger partial charge >= 0.3 is 0 Å². The Morgan fingerprint density at radius 1 is 1.00 bits per heavy atom. The van der Waals surface area contributed by atoms with E-state index < -0.39 is 0 Å². The van der Waals surface area contributed by atoms with Crippen LogP contribution < -0.4 is 0 Å². The molecule has 0 bridgehead atoms. The van der Waals surface area contributed by atoms with Gasteiger partial charge in [0, 0.05) is 0 Å². The van der Waals surface area contributed by atoms with E-state index in [1.165, 1.54) is 44.9 Å². The lowest BCUT2D eigenvalue weighted by Gasteiger charge is -2.02. The van der Waals surface area contributed by atoms with E-state index in [0.717, 1.165) is 19.1 Å². The van der Waals surface area contributed by atoms with Crippen LogP contribution in [0.4, 0.5) is 0 Å². The average Bonchev–Trinajstić information content (AvgIpc) is 2.21. The van der Waals surface area contributed by atoms with E-state index >= 15 is 0 Å². The molecule has 84 valence electrons. The van der Waals surface area contributed by atoms with Gasteiger partial charge < -0.3 is 4.79 Å². The molecule has 14 heavy (non-hydrogen) atoms. The normalized spacial score (nSPS) is 12.7. The molecule has 0 aromatic carbocycles. The molecule has 1 nitrogen and oxygen atoms in total. The van der Waals surface area contributed by atoms with Crippen LogP contribution in [0.5, 0.6) is 0 Å². The number of hydrogen-bond acceptors (Lipinski definition) is 2. The summed E-state index contributed by atoms with van der Waals surface area (Å²) < 4.78 is 0. The summed E-state index contributed by atoms with van der Waals surface area (Å²) in [4.78, 5) is 10.3. The van der Waals surface area contributed by atoms with Crippen molar-refractivity contribution in [2.24, 2.45) is 0 Å². The number of carbonyl (C=O) groups is 1. The molecule has 0 aliphatic carbocycles. The Labute approximate surface area is 94.1 Å². The smallest absolute Gasteiger partial charge is 0.132 e. The minimum atomic E-state index is -0.0323. The molecule has 0 aromatic rings. The first-order valence-corrected chi connectivity index (χ1v) is 6.46. The summed E-state index contributed by atoms with van der Waals surface area (Å²) in [7, 11) is 0. The number of unbranched alkanes of at least 4 members (excludes halogenated alkanes) is 7. The number of carbonyl (C=O) groups excluding carboxylic acids is 1. The second kappa shape index (κ2) is 11.1. The van der Waals surface area contributed by atoms with Gasteiger partial charge in [0.05, 0.1) is 5.25 Å². The summed E-state index contributed by atoms with van der Waals surface area (Å²) >= 11 is 4.13. The molecule has 0 aliphatic rings. The molecule has 0 spiro atoms. The fourth-order valence-corrected chi connectivity index (χ4v) is 1.74. The van der Waals surface area contributed by atoms with Crippen LogP contribution in [0.25, 0.3) is 0 Å². The van der Waals surface area contributed by atoms with Crippen molar-refractivity contribution in [2.75, 3.05) is 0 Å². The first kappa shape index (κ1) is 14.0. The molecule has 0 heterocycles. The van der Waals surface area contributed by atoms with Gasteiger partial charge in [-0.2, -0.15) is 12.6 Å². The second-order valence-electron chi connectivity index (χ2n) is 3.97. The van der Waals surface area contributed by atoms with Gasteiger partial charge in [0.25, 0.3) is 0 Å². The van der Waals surface area contributed by atoms with Crippen molar-refractivity contribution >= 4 is 18.9 Å². The Hall–Kier alpha value is 0.0200. The van der Waals surface area contributed by atoms with Gasteiger partial charge in [0.2, 0.25) is 0 Å². The molecule has 0 aliphatic heterocycles. The van der Waals surface area contributed by atoms with Gasteiger partial charge in [-0.25, -0.2) is 0 Å². The van der Waals surface area contributed by atoms with E-state index in [1.807, 2.05) is 0 Å². The zero-order valence-corrected chi connectivity index (χ0v) is 10.3. The zero-order valence-electron chi connectivity index (χ0n) is 9.37. The molecule has 0 amide bonds. The van der Waals surface area contributed by atoms with Crippen LogP contribution in [-0.4, -0.2) is 11.5 Å². The lowest BCUT2D eigenvalue weighted by molar-refractivity contribution is -0.107. The summed E-state index contributed by atoms with van der Waals surface area (Å²) in [5, 5.41) is -0.0323. The van der Waals surface area contributed by atoms with Gasteiger partial charge in [-0.05, 0) is 6.42 Å². The summed E-state index contributed by atoms with van der Waals surface area (Å²) in [6.07, 6.45) is 12.4. The first-order chi connectivity index (χ1) is 6.81. The molecule has 0 rings (SSSR count). The molecule has 0 N–H and O–H groups in total. The van der Waals surface area contributed by atoms with Gasteiger partial charge in [-0.1, -0.05) is 58.3 Å². The monoisotopic (exact) mass is 216 g/mol. The van der Waals surface area contributed by atoms with E-state index in [1.54, 1.807) is 0 Å². The zero-order chi connectivity index (χ0) is 10.6. The van der Waals surface area contributed by atoms with Crippen LogP contribution in [-0.2, 0) is 4.79 Å². The topological polar surface area (TPSA) is 17.1 Å². The van der Waals surface area contributed by atoms with E-state index in [9.17, 15) is 4.79 Å². The predicted molar refractivity (Wildman–Crippen MR) is 66.1 cm³/mol. The van der Waals surface area contributed by atoms with E-state index in [4.69, 9.17) is 0 Å². The third-order valence-electron chi connectivity index (χ3n) is 2.51. The molecule has 0 saturated heterocycles. The van der Waals surface area contributed by atoms with Crippen molar-refractivity contribution in [3.63, 3.8) is 0 Å². The number of aldehydes is 1. The van der Waals surface area contributed by atoms with Crippen molar-refractivity contribution in [2.45, 2.75) is 70.0 Å². The Bertz CT molecular complexity index is 125. The lowest BCUT2D eigenvalue weighted by atomic mass is 10.1. The van der Waals surface area contributed by atoms with Crippen LogP contribution in [0.15, 0.2) is 0 Å². The highest BCUT2D eigenvalue weighted by Crippen LogP contribution is 2.11. The van der Waals surface area contributed by atoms with Gasteiger partial charge in [0.15, 0.2) is 0 Å². The van der Waals surface area contributed by atoms with Crippen molar-refractivity contribution in [3.8, 4) is 0 Å². The van der Waals surface area contributed by atoms with Gasteiger partial charge in [-0.15, -0.1) is 0 Å². The third-order valence-corrected chi connectivity index (χ3v) is 2.89. The summed E-state index contributed by atoms with van der Waals surface area (Å²) in [5.41, 5.74) is 0. The van der Waals surface area contributed by atoms with E-state index in [-0.39, 0.29) is 5.25 Å². The summed E-state index contributed by atoms with van der Waals surface area (Å²) in [6.45, 7) is 2.24. The second-order valence-corrected chi connectivity index (χ2v) is 4.63. The van der Waals surface area contributed by atoms with Crippen molar-refractivity contribution in [1.29, 1.82) is 0 Å². The van der Waals surface area contributed by atoms with E-state index in [0.29, 0.717) is 0 Å². The predicted octanol–water partition coefficient (Wildman–Crippen LogP) is 4.01. The molecular weight excluding hydrogens is 192 g/mol. The molecule has 0 aromatic heterocycles. The molecule has 0 radical (unpaired) electrons. The van der Waals surface area contributed by atoms with Crippen LogP contribution in [0.2, 0.25) is 0 Å². The number of thiol groups is 1. The van der Waals surface area contributed by atoms with Crippen LogP contribution in [0.3, 0.4) is 0 Å². The molecule has 0 unspecified atom stereocenters. The van der Waals surface area contributed by atoms with Gasteiger partial charge in [-0.3, -0.25) is 0 Å². The first-order valence-electron chi connectivity index (χ1n) is 5.94. The maximum atomic E-state index is 10.3. The Balaban J connectivity index is 2.95. The molecule has 2 heteroatoms. The minimum Gasteiger partial charge on any atom is -0.302 e.